The highest BCUT2D eigenvalue weighted by molar-refractivity contribution is 7.99. The molecule has 1 aromatic carbocycles. The lowest BCUT2D eigenvalue weighted by atomic mass is 10.0. The lowest BCUT2D eigenvalue weighted by Gasteiger charge is -2.10. The molecule has 1 fully saturated rings. The molecule has 2 heterocycles. The highest BCUT2D eigenvalue weighted by atomic mass is 32.2. The fourth-order valence-corrected chi connectivity index (χ4v) is 3.91. The molecule has 0 saturated heterocycles. The van der Waals surface area contributed by atoms with Crippen LogP contribution in [0.5, 0.6) is 5.75 Å². The van der Waals surface area contributed by atoms with Gasteiger partial charge in [0.1, 0.15) is 11.6 Å². The molecule has 110 valence electrons. The summed E-state index contributed by atoms with van der Waals surface area (Å²) in [6, 6.07) is 8.85. The number of thioether (sulfide) groups is 1. The van der Waals surface area contributed by atoms with Gasteiger partial charge in [0.05, 0.1) is 13.2 Å². The van der Waals surface area contributed by atoms with Crippen LogP contribution < -0.4 is 10.5 Å². The molecule has 0 spiro atoms. The summed E-state index contributed by atoms with van der Waals surface area (Å²) >= 11 is 1.77. The third-order valence-electron chi connectivity index (χ3n) is 4.04. The Morgan fingerprint density at radius 1 is 1.29 bits per heavy atom. The van der Waals surface area contributed by atoms with Crippen molar-refractivity contribution in [3.8, 4) is 5.75 Å². The van der Waals surface area contributed by atoms with Gasteiger partial charge in [0.15, 0.2) is 5.16 Å². The molecule has 21 heavy (non-hydrogen) atoms. The number of rotatable bonds is 5. The number of hydrogen-bond acceptors (Lipinski definition) is 5. The van der Waals surface area contributed by atoms with Gasteiger partial charge in [-0.3, -0.25) is 0 Å². The zero-order valence-electron chi connectivity index (χ0n) is 11.7. The Balaban J connectivity index is 1.50. The van der Waals surface area contributed by atoms with E-state index in [1.807, 2.05) is 12.1 Å². The van der Waals surface area contributed by atoms with Crippen LogP contribution in [0.4, 0.5) is 0 Å². The lowest BCUT2D eigenvalue weighted by molar-refractivity contribution is 0.338. The van der Waals surface area contributed by atoms with Gasteiger partial charge in [-0.1, -0.05) is 30.0 Å². The molecule has 1 aliphatic heterocycles. The second-order valence-electron chi connectivity index (χ2n) is 5.56. The van der Waals surface area contributed by atoms with Gasteiger partial charge in [-0.25, -0.2) is 0 Å². The first-order chi connectivity index (χ1) is 10.4. The molecule has 2 N–H and O–H groups in total. The Morgan fingerprint density at radius 3 is 2.95 bits per heavy atom. The van der Waals surface area contributed by atoms with Gasteiger partial charge >= 0.3 is 0 Å². The predicted octanol–water partition coefficient (Wildman–Crippen LogP) is 2.34. The van der Waals surface area contributed by atoms with Crippen molar-refractivity contribution in [2.45, 2.75) is 36.5 Å². The summed E-state index contributed by atoms with van der Waals surface area (Å²) in [6.07, 6.45) is 2.43. The Labute approximate surface area is 127 Å². The molecule has 5 nitrogen and oxygen atoms in total. The van der Waals surface area contributed by atoms with Crippen LogP contribution in [0.3, 0.4) is 0 Å². The van der Waals surface area contributed by atoms with Crippen LogP contribution in [0.2, 0.25) is 0 Å². The number of para-hydroxylation sites is 1. The molecule has 1 saturated carbocycles. The van der Waals surface area contributed by atoms with Crippen LogP contribution >= 0.6 is 11.8 Å². The van der Waals surface area contributed by atoms with E-state index in [4.69, 9.17) is 10.5 Å². The Bertz CT molecular complexity index is 653. The molecular formula is C15H18N4OS. The Hall–Kier alpha value is -1.53. The number of hydrogen-bond donors (Lipinski definition) is 1. The van der Waals surface area contributed by atoms with E-state index in [9.17, 15) is 0 Å². The predicted molar refractivity (Wildman–Crippen MR) is 81.6 cm³/mol. The number of ether oxygens (including phenoxy) is 1. The molecule has 1 aromatic heterocycles. The first-order valence-electron chi connectivity index (χ1n) is 7.35. The summed E-state index contributed by atoms with van der Waals surface area (Å²) in [6.45, 7) is 1.22. The molecular weight excluding hydrogens is 284 g/mol. The standard InChI is InChI=1S/C15H18N4OS/c16-7-14-17-18-15(19(14)11-5-6-11)21-9-10-8-20-13-4-2-1-3-12(10)13/h1-4,10-11H,5-9,16H2. The van der Waals surface area contributed by atoms with Crippen LogP contribution in [0.1, 0.15) is 36.2 Å². The fourth-order valence-electron chi connectivity index (χ4n) is 2.79. The van der Waals surface area contributed by atoms with Crippen molar-refractivity contribution < 1.29 is 4.74 Å². The number of nitrogens with two attached hydrogens (primary N) is 1. The van der Waals surface area contributed by atoms with E-state index < -0.39 is 0 Å². The summed E-state index contributed by atoms with van der Waals surface area (Å²) in [5, 5.41) is 9.54. The van der Waals surface area contributed by atoms with Gasteiger partial charge in [0.2, 0.25) is 0 Å². The van der Waals surface area contributed by atoms with Crippen molar-refractivity contribution in [1.82, 2.24) is 14.8 Å². The maximum Gasteiger partial charge on any atom is 0.191 e. The maximum atomic E-state index is 5.76. The van der Waals surface area contributed by atoms with Gasteiger partial charge in [0.25, 0.3) is 0 Å². The third-order valence-corrected chi connectivity index (χ3v) is 5.15. The van der Waals surface area contributed by atoms with Crippen LogP contribution in [0.15, 0.2) is 29.4 Å². The molecule has 6 heteroatoms. The van der Waals surface area contributed by atoms with Gasteiger partial charge in [-0.15, -0.1) is 10.2 Å². The summed E-state index contributed by atoms with van der Waals surface area (Å²) in [7, 11) is 0. The van der Waals surface area contributed by atoms with Gasteiger partial charge in [0, 0.05) is 23.3 Å². The van der Waals surface area contributed by atoms with E-state index in [-0.39, 0.29) is 0 Å². The van der Waals surface area contributed by atoms with Gasteiger partial charge in [-0.2, -0.15) is 0 Å². The van der Waals surface area contributed by atoms with Gasteiger partial charge in [-0.05, 0) is 18.9 Å². The first-order valence-corrected chi connectivity index (χ1v) is 8.33. The highest BCUT2D eigenvalue weighted by Crippen LogP contribution is 2.41. The zero-order chi connectivity index (χ0) is 14.2. The molecule has 1 aliphatic carbocycles. The number of benzene rings is 1. The van der Waals surface area contributed by atoms with Crippen molar-refractivity contribution in [2.75, 3.05) is 12.4 Å². The Morgan fingerprint density at radius 2 is 2.14 bits per heavy atom. The smallest absolute Gasteiger partial charge is 0.191 e. The number of nitrogens with zero attached hydrogens (tertiary/aromatic N) is 3. The Kier molecular flexibility index (Phi) is 3.35. The van der Waals surface area contributed by atoms with Crippen LogP contribution in [-0.4, -0.2) is 27.1 Å². The van der Waals surface area contributed by atoms with E-state index in [1.165, 1.54) is 18.4 Å². The van der Waals surface area contributed by atoms with E-state index in [1.54, 1.807) is 11.8 Å². The quantitative estimate of drug-likeness (QED) is 0.859. The second-order valence-corrected chi connectivity index (χ2v) is 6.55. The van der Waals surface area contributed by atoms with Gasteiger partial charge < -0.3 is 15.0 Å². The highest BCUT2D eigenvalue weighted by Gasteiger charge is 2.30. The van der Waals surface area contributed by atoms with Crippen molar-refractivity contribution in [1.29, 1.82) is 0 Å². The lowest BCUT2D eigenvalue weighted by Crippen LogP contribution is -2.09. The molecule has 1 atom stereocenters. The molecule has 0 radical (unpaired) electrons. The van der Waals surface area contributed by atoms with Crippen molar-refractivity contribution in [3.05, 3.63) is 35.7 Å². The zero-order valence-corrected chi connectivity index (χ0v) is 12.6. The van der Waals surface area contributed by atoms with Crippen LogP contribution in [0.25, 0.3) is 0 Å². The van der Waals surface area contributed by atoms with Crippen molar-refractivity contribution in [2.24, 2.45) is 5.73 Å². The van der Waals surface area contributed by atoms with E-state index in [2.05, 4.69) is 26.9 Å². The maximum absolute atomic E-state index is 5.76. The third kappa shape index (κ3) is 2.42. The second kappa shape index (κ2) is 5.35. The monoisotopic (exact) mass is 302 g/mol. The largest absolute Gasteiger partial charge is 0.493 e. The van der Waals surface area contributed by atoms with Crippen molar-refractivity contribution >= 4 is 11.8 Å². The SMILES string of the molecule is NCc1nnc(SCC2COc3ccccc32)n1C1CC1. The van der Waals surface area contributed by atoms with E-state index >= 15 is 0 Å². The van der Waals surface area contributed by atoms with Crippen LogP contribution in [-0.2, 0) is 6.54 Å². The minimum atomic E-state index is 0.428. The summed E-state index contributed by atoms with van der Waals surface area (Å²) < 4.78 is 7.97. The molecule has 1 unspecified atom stereocenters. The molecule has 2 aromatic rings. The average molecular weight is 302 g/mol. The van der Waals surface area contributed by atoms with E-state index in [0.717, 1.165) is 29.1 Å². The summed E-state index contributed by atoms with van der Waals surface area (Å²) in [5.41, 5.74) is 7.07. The number of fused-ring (bicyclic) bond motifs is 1. The molecule has 2 aliphatic rings. The first kappa shape index (κ1) is 13.2. The van der Waals surface area contributed by atoms with Crippen molar-refractivity contribution in [3.63, 3.8) is 0 Å². The topological polar surface area (TPSA) is 66.0 Å². The van der Waals surface area contributed by atoms with Crippen LogP contribution in [0, 0.1) is 0 Å². The molecule has 0 bridgehead atoms. The fraction of sp³-hybridized carbons (Fsp3) is 0.467. The average Bonchev–Trinajstić information content (AvgIpc) is 3.14. The summed E-state index contributed by atoms with van der Waals surface area (Å²) in [5.74, 6) is 3.32. The molecule has 0 amide bonds. The minimum Gasteiger partial charge on any atom is -0.493 e. The normalized spacial score (nSPS) is 20.3. The minimum absolute atomic E-state index is 0.428. The molecule has 4 rings (SSSR count). The number of aromatic nitrogens is 3. The summed E-state index contributed by atoms with van der Waals surface area (Å²) in [4.78, 5) is 0. The van der Waals surface area contributed by atoms with E-state index in [0.29, 0.717) is 18.5 Å².